The predicted octanol–water partition coefficient (Wildman–Crippen LogP) is 1.85. The van der Waals surface area contributed by atoms with Crippen LogP contribution in [0.5, 0.6) is 0 Å². The maximum Gasteiger partial charge on any atom is 0.320 e. The third kappa shape index (κ3) is 3.72. The fourth-order valence-corrected chi connectivity index (χ4v) is 1.34. The van der Waals surface area contributed by atoms with Gasteiger partial charge in [0.15, 0.2) is 0 Å². The molecule has 0 saturated carbocycles. The largest absolute Gasteiger partial charge is 0.480 e. The standard InChI is InChI=1S/C12H17NO2/c1-9(8-13-10(2)12(14)15)11-6-4-3-5-7-11/h3-7,9-10,13H,8H2,1-2H3,(H,14,15). The first-order chi connectivity index (χ1) is 7.11. The maximum absolute atomic E-state index is 10.6. The Kier molecular flexibility index (Phi) is 4.31. The molecule has 2 N–H and O–H groups in total. The topological polar surface area (TPSA) is 49.3 Å². The van der Waals surface area contributed by atoms with Crippen molar-refractivity contribution in [3.63, 3.8) is 0 Å². The number of rotatable bonds is 5. The van der Waals surface area contributed by atoms with Crippen LogP contribution in [-0.2, 0) is 4.79 Å². The molecule has 0 aliphatic rings. The highest BCUT2D eigenvalue weighted by molar-refractivity contribution is 5.72. The molecule has 0 bridgehead atoms. The molecule has 0 spiro atoms. The molecule has 1 aromatic carbocycles. The van der Waals surface area contributed by atoms with E-state index in [4.69, 9.17) is 5.11 Å². The van der Waals surface area contributed by atoms with E-state index in [0.29, 0.717) is 12.5 Å². The van der Waals surface area contributed by atoms with Gasteiger partial charge in [0, 0.05) is 6.54 Å². The van der Waals surface area contributed by atoms with Crippen LogP contribution in [-0.4, -0.2) is 23.7 Å². The van der Waals surface area contributed by atoms with Crippen molar-refractivity contribution in [3.05, 3.63) is 35.9 Å². The predicted molar refractivity (Wildman–Crippen MR) is 60.0 cm³/mol. The highest BCUT2D eigenvalue weighted by atomic mass is 16.4. The van der Waals surface area contributed by atoms with Crippen molar-refractivity contribution in [2.45, 2.75) is 25.8 Å². The molecule has 3 nitrogen and oxygen atoms in total. The fourth-order valence-electron chi connectivity index (χ4n) is 1.34. The van der Waals surface area contributed by atoms with E-state index in [2.05, 4.69) is 24.4 Å². The van der Waals surface area contributed by atoms with Crippen LogP contribution in [0.2, 0.25) is 0 Å². The molecule has 0 saturated heterocycles. The first-order valence-electron chi connectivity index (χ1n) is 5.12. The molecular formula is C12H17NO2. The monoisotopic (exact) mass is 207 g/mol. The van der Waals surface area contributed by atoms with Gasteiger partial charge in [-0.2, -0.15) is 0 Å². The van der Waals surface area contributed by atoms with Crippen LogP contribution < -0.4 is 5.32 Å². The third-order valence-corrected chi connectivity index (χ3v) is 2.47. The molecule has 0 aliphatic heterocycles. The lowest BCUT2D eigenvalue weighted by Crippen LogP contribution is -2.35. The summed E-state index contributed by atoms with van der Waals surface area (Å²) in [5, 5.41) is 11.7. The zero-order valence-corrected chi connectivity index (χ0v) is 9.10. The molecule has 2 atom stereocenters. The Balaban J connectivity index is 2.43. The molecule has 82 valence electrons. The van der Waals surface area contributed by atoms with Gasteiger partial charge in [-0.3, -0.25) is 4.79 Å². The summed E-state index contributed by atoms with van der Waals surface area (Å²) < 4.78 is 0. The van der Waals surface area contributed by atoms with Crippen molar-refractivity contribution in [2.75, 3.05) is 6.54 Å². The van der Waals surface area contributed by atoms with Crippen LogP contribution >= 0.6 is 0 Å². The number of carbonyl (C=O) groups is 1. The number of benzene rings is 1. The maximum atomic E-state index is 10.6. The van der Waals surface area contributed by atoms with Crippen molar-refractivity contribution in [1.29, 1.82) is 0 Å². The summed E-state index contributed by atoms with van der Waals surface area (Å²) >= 11 is 0. The van der Waals surface area contributed by atoms with Gasteiger partial charge in [0.25, 0.3) is 0 Å². The average molecular weight is 207 g/mol. The summed E-state index contributed by atoms with van der Waals surface area (Å²) in [7, 11) is 0. The van der Waals surface area contributed by atoms with Gasteiger partial charge in [0.1, 0.15) is 6.04 Å². The van der Waals surface area contributed by atoms with E-state index in [1.165, 1.54) is 5.56 Å². The number of hydrogen-bond acceptors (Lipinski definition) is 2. The average Bonchev–Trinajstić information content (AvgIpc) is 2.26. The summed E-state index contributed by atoms with van der Waals surface area (Å²) in [4.78, 5) is 10.6. The zero-order valence-electron chi connectivity index (χ0n) is 9.10. The Bertz CT molecular complexity index is 311. The second-order valence-electron chi connectivity index (χ2n) is 3.78. The van der Waals surface area contributed by atoms with E-state index in [9.17, 15) is 4.79 Å². The summed E-state index contributed by atoms with van der Waals surface area (Å²) in [6.07, 6.45) is 0. The molecular weight excluding hydrogens is 190 g/mol. The van der Waals surface area contributed by atoms with Gasteiger partial charge in [-0.15, -0.1) is 0 Å². The Morgan fingerprint density at radius 1 is 1.33 bits per heavy atom. The summed E-state index contributed by atoms with van der Waals surface area (Å²) in [5.41, 5.74) is 1.22. The lowest BCUT2D eigenvalue weighted by atomic mass is 10.0. The second kappa shape index (κ2) is 5.51. The smallest absolute Gasteiger partial charge is 0.320 e. The van der Waals surface area contributed by atoms with Crippen molar-refractivity contribution in [3.8, 4) is 0 Å². The molecule has 0 aromatic heterocycles. The number of nitrogens with one attached hydrogen (secondary N) is 1. The summed E-state index contributed by atoms with van der Waals surface area (Å²) in [6, 6.07) is 9.58. The zero-order chi connectivity index (χ0) is 11.3. The van der Waals surface area contributed by atoms with Gasteiger partial charge in [0.05, 0.1) is 0 Å². The minimum Gasteiger partial charge on any atom is -0.480 e. The van der Waals surface area contributed by atoms with Gasteiger partial charge in [-0.05, 0) is 18.4 Å². The first kappa shape index (κ1) is 11.7. The third-order valence-electron chi connectivity index (χ3n) is 2.47. The number of hydrogen-bond donors (Lipinski definition) is 2. The van der Waals surface area contributed by atoms with E-state index >= 15 is 0 Å². The van der Waals surface area contributed by atoms with Gasteiger partial charge < -0.3 is 10.4 Å². The summed E-state index contributed by atoms with van der Waals surface area (Å²) in [6.45, 7) is 4.41. The van der Waals surface area contributed by atoms with E-state index in [0.717, 1.165) is 0 Å². The van der Waals surface area contributed by atoms with Gasteiger partial charge in [-0.25, -0.2) is 0 Å². The fraction of sp³-hybridized carbons (Fsp3) is 0.417. The van der Waals surface area contributed by atoms with Crippen molar-refractivity contribution in [1.82, 2.24) is 5.32 Å². The highest BCUT2D eigenvalue weighted by Crippen LogP contribution is 2.13. The second-order valence-corrected chi connectivity index (χ2v) is 3.78. The van der Waals surface area contributed by atoms with Gasteiger partial charge >= 0.3 is 5.97 Å². The molecule has 0 radical (unpaired) electrons. The molecule has 0 amide bonds. The van der Waals surface area contributed by atoms with Crippen LogP contribution in [0.1, 0.15) is 25.3 Å². The Morgan fingerprint density at radius 2 is 1.93 bits per heavy atom. The first-order valence-corrected chi connectivity index (χ1v) is 5.12. The minimum absolute atomic E-state index is 0.327. The van der Waals surface area contributed by atoms with Crippen molar-refractivity contribution < 1.29 is 9.90 Å². The highest BCUT2D eigenvalue weighted by Gasteiger charge is 2.11. The lowest BCUT2D eigenvalue weighted by Gasteiger charge is -2.15. The van der Waals surface area contributed by atoms with Crippen LogP contribution in [0.3, 0.4) is 0 Å². The Labute approximate surface area is 90.1 Å². The Morgan fingerprint density at radius 3 is 2.47 bits per heavy atom. The normalized spacial score (nSPS) is 14.5. The molecule has 0 aliphatic carbocycles. The van der Waals surface area contributed by atoms with Crippen LogP contribution in [0.4, 0.5) is 0 Å². The Hall–Kier alpha value is -1.35. The van der Waals surface area contributed by atoms with Gasteiger partial charge in [-0.1, -0.05) is 37.3 Å². The summed E-state index contributed by atoms with van der Waals surface area (Å²) in [5.74, 6) is -0.483. The quantitative estimate of drug-likeness (QED) is 0.774. The number of aliphatic carboxylic acids is 1. The van der Waals surface area contributed by atoms with Crippen LogP contribution in [0.15, 0.2) is 30.3 Å². The molecule has 1 rings (SSSR count). The van der Waals surface area contributed by atoms with E-state index in [1.54, 1.807) is 6.92 Å². The molecule has 0 fully saturated rings. The van der Waals surface area contributed by atoms with E-state index in [1.807, 2.05) is 18.2 Å². The SMILES string of the molecule is CC(NCC(C)c1ccccc1)C(=O)O. The lowest BCUT2D eigenvalue weighted by molar-refractivity contribution is -0.139. The minimum atomic E-state index is -0.810. The van der Waals surface area contributed by atoms with E-state index < -0.39 is 12.0 Å². The van der Waals surface area contributed by atoms with Crippen LogP contribution in [0.25, 0.3) is 0 Å². The van der Waals surface area contributed by atoms with Crippen molar-refractivity contribution >= 4 is 5.97 Å². The molecule has 0 heterocycles. The number of carboxylic acids is 1. The van der Waals surface area contributed by atoms with E-state index in [-0.39, 0.29) is 0 Å². The molecule has 1 aromatic rings. The van der Waals surface area contributed by atoms with Crippen LogP contribution in [0, 0.1) is 0 Å². The van der Waals surface area contributed by atoms with Gasteiger partial charge in [0.2, 0.25) is 0 Å². The molecule has 15 heavy (non-hydrogen) atoms. The molecule has 3 heteroatoms. The number of carboxylic acid groups (broad SMARTS) is 1. The molecule has 2 unspecified atom stereocenters. The van der Waals surface area contributed by atoms with Crippen molar-refractivity contribution in [2.24, 2.45) is 0 Å².